The number of halogens is 2. The molecular weight excluding hydrogens is 246 g/mol. The van der Waals surface area contributed by atoms with Gasteiger partial charge < -0.3 is 14.3 Å². The molecule has 1 aromatic heterocycles. The molecule has 0 saturated carbocycles. The van der Waals surface area contributed by atoms with Gasteiger partial charge >= 0.3 is 5.97 Å². The quantitative estimate of drug-likeness (QED) is 0.911. The van der Waals surface area contributed by atoms with Crippen molar-refractivity contribution in [2.75, 3.05) is 0 Å². The molecule has 0 aliphatic rings. The second-order valence-electron chi connectivity index (χ2n) is 3.40. The molecule has 1 aromatic carbocycles. The molecule has 0 amide bonds. The van der Waals surface area contributed by atoms with Crippen LogP contribution in [0, 0.1) is 11.6 Å². The predicted molar refractivity (Wildman–Crippen MR) is 56.4 cm³/mol. The zero-order valence-electron chi connectivity index (χ0n) is 9.02. The number of carboxylic acid groups (broad SMARTS) is 1. The van der Waals surface area contributed by atoms with Crippen LogP contribution in [-0.4, -0.2) is 11.1 Å². The molecular formula is C12H8F2O4. The molecule has 2 aromatic rings. The van der Waals surface area contributed by atoms with Crippen molar-refractivity contribution in [1.82, 2.24) is 0 Å². The van der Waals surface area contributed by atoms with Gasteiger partial charge in [-0.3, -0.25) is 0 Å². The van der Waals surface area contributed by atoms with E-state index < -0.39 is 17.6 Å². The Hall–Kier alpha value is -2.37. The van der Waals surface area contributed by atoms with Gasteiger partial charge in [-0.1, -0.05) is 6.07 Å². The Morgan fingerprint density at radius 2 is 2.11 bits per heavy atom. The van der Waals surface area contributed by atoms with Crippen molar-refractivity contribution >= 4 is 5.97 Å². The topological polar surface area (TPSA) is 59.7 Å². The summed E-state index contributed by atoms with van der Waals surface area (Å²) in [6.07, 6.45) is 1.18. The Balaban J connectivity index is 2.14. The number of benzene rings is 1. The second kappa shape index (κ2) is 4.87. The highest BCUT2D eigenvalue weighted by molar-refractivity contribution is 5.88. The lowest BCUT2D eigenvalue weighted by atomic mass is 10.2. The molecule has 0 fully saturated rings. The van der Waals surface area contributed by atoms with E-state index >= 15 is 0 Å². The standard InChI is InChI=1S/C12H8F2O4/c13-8-2-1-3-9(11(8)14)18-6-10-7(12(15)16)4-5-17-10/h1-5H,6H2,(H,15,16). The molecule has 94 valence electrons. The van der Waals surface area contributed by atoms with E-state index in [9.17, 15) is 13.6 Å². The number of hydrogen-bond acceptors (Lipinski definition) is 3. The Bertz CT molecular complexity index is 577. The van der Waals surface area contributed by atoms with Crippen LogP contribution in [0.1, 0.15) is 16.1 Å². The average molecular weight is 254 g/mol. The summed E-state index contributed by atoms with van der Waals surface area (Å²) in [4.78, 5) is 10.8. The molecule has 1 N–H and O–H groups in total. The summed E-state index contributed by atoms with van der Waals surface area (Å²) in [6, 6.07) is 4.73. The van der Waals surface area contributed by atoms with Crippen molar-refractivity contribution in [2.24, 2.45) is 0 Å². The van der Waals surface area contributed by atoms with Crippen LogP contribution in [0.3, 0.4) is 0 Å². The monoisotopic (exact) mass is 254 g/mol. The number of ether oxygens (including phenoxy) is 1. The van der Waals surface area contributed by atoms with Gasteiger partial charge in [0.05, 0.1) is 6.26 Å². The Morgan fingerprint density at radius 3 is 2.83 bits per heavy atom. The average Bonchev–Trinajstić information content (AvgIpc) is 2.79. The third kappa shape index (κ3) is 2.32. The first kappa shape index (κ1) is 12.1. The summed E-state index contributed by atoms with van der Waals surface area (Å²) < 4.78 is 36.0. The molecule has 0 aliphatic carbocycles. The minimum atomic E-state index is -1.18. The van der Waals surface area contributed by atoms with Crippen LogP contribution >= 0.6 is 0 Å². The molecule has 2 rings (SSSR count). The van der Waals surface area contributed by atoms with Crippen molar-refractivity contribution in [3.05, 3.63) is 53.5 Å². The molecule has 0 bridgehead atoms. The lowest BCUT2D eigenvalue weighted by Crippen LogP contribution is -2.03. The number of rotatable bonds is 4. The van der Waals surface area contributed by atoms with Crippen molar-refractivity contribution in [3.8, 4) is 5.75 Å². The lowest BCUT2D eigenvalue weighted by Gasteiger charge is -2.06. The first-order valence-corrected chi connectivity index (χ1v) is 4.96. The first-order valence-electron chi connectivity index (χ1n) is 4.96. The minimum absolute atomic E-state index is 0.0335. The minimum Gasteiger partial charge on any atom is -0.482 e. The summed E-state index contributed by atoms with van der Waals surface area (Å²) in [5.74, 6) is -3.61. The fourth-order valence-corrected chi connectivity index (χ4v) is 1.38. The highest BCUT2D eigenvalue weighted by Gasteiger charge is 2.15. The van der Waals surface area contributed by atoms with Gasteiger partial charge in [0.25, 0.3) is 0 Å². The number of hydrogen-bond donors (Lipinski definition) is 1. The molecule has 6 heteroatoms. The largest absolute Gasteiger partial charge is 0.482 e. The van der Waals surface area contributed by atoms with Crippen LogP contribution in [0.25, 0.3) is 0 Å². The van der Waals surface area contributed by atoms with Crippen molar-refractivity contribution in [3.63, 3.8) is 0 Å². The zero-order valence-corrected chi connectivity index (χ0v) is 9.02. The highest BCUT2D eigenvalue weighted by atomic mass is 19.2. The van der Waals surface area contributed by atoms with Crippen LogP contribution in [-0.2, 0) is 6.61 Å². The second-order valence-corrected chi connectivity index (χ2v) is 3.40. The molecule has 0 atom stereocenters. The van der Waals surface area contributed by atoms with E-state index in [1.807, 2.05) is 0 Å². The Morgan fingerprint density at radius 1 is 1.33 bits per heavy atom. The maximum atomic E-state index is 13.2. The van der Waals surface area contributed by atoms with E-state index in [1.165, 1.54) is 24.5 Å². The summed E-state index contributed by atoms with van der Waals surface area (Å²) >= 11 is 0. The highest BCUT2D eigenvalue weighted by Crippen LogP contribution is 2.21. The SMILES string of the molecule is O=C(O)c1ccoc1COc1cccc(F)c1F. The molecule has 1 heterocycles. The normalized spacial score (nSPS) is 10.3. The van der Waals surface area contributed by atoms with Crippen LogP contribution < -0.4 is 4.74 Å². The maximum absolute atomic E-state index is 13.2. The summed E-state index contributed by atoms with van der Waals surface area (Å²) in [6.45, 7) is -0.297. The number of carbonyl (C=O) groups is 1. The van der Waals surface area contributed by atoms with Crippen LogP contribution in [0.15, 0.2) is 34.9 Å². The fourth-order valence-electron chi connectivity index (χ4n) is 1.38. The fraction of sp³-hybridized carbons (Fsp3) is 0.0833. The van der Waals surface area contributed by atoms with Gasteiger partial charge in [0.2, 0.25) is 5.82 Å². The Kier molecular flexibility index (Phi) is 3.27. The molecule has 0 radical (unpaired) electrons. The molecule has 0 saturated heterocycles. The van der Waals surface area contributed by atoms with E-state index in [4.69, 9.17) is 14.3 Å². The van der Waals surface area contributed by atoms with Crippen molar-refractivity contribution in [2.45, 2.75) is 6.61 Å². The molecule has 4 nitrogen and oxygen atoms in total. The van der Waals surface area contributed by atoms with Crippen molar-refractivity contribution < 1.29 is 27.8 Å². The van der Waals surface area contributed by atoms with Gasteiger partial charge in [0.15, 0.2) is 17.3 Å². The predicted octanol–water partition coefficient (Wildman–Crippen LogP) is 2.84. The van der Waals surface area contributed by atoms with Gasteiger partial charge in [-0.15, -0.1) is 0 Å². The number of carboxylic acids is 1. The summed E-state index contributed by atoms with van der Waals surface area (Å²) in [5, 5.41) is 8.80. The first-order chi connectivity index (χ1) is 8.59. The summed E-state index contributed by atoms with van der Waals surface area (Å²) in [5.41, 5.74) is -0.0770. The molecule has 0 aliphatic heterocycles. The van der Waals surface area contributed by atoms with Crippen LogP contribution in [0.4, 0.5) is 8.78 Å². The van der Waals surface area contributed by atoms with E-state index in [0.717, 1.165) is 6.07 Å². The number of furan rings is 1. The van der Waals surface area contributed by atoms with E-state index in [0.29, 0.717) is 0 Å². The van der Waals surface area contributed by atoms with Gasteiger partial charge in [-0.2, -0.15) is 4.39 Å². The number of aromatic carboxylic acids is 1. The van der Waals surface area contributed by atoms with Gasteiger partial charge in [-0.05, 0) is 18.2 Å². The molecule has 0 spiro atoms. The van der Waals surface area contributed by atoms with E-state index in [-0.39, 0.29) is 23.7 Å². The van der Waals surface area contributed by atoms with E-state index in [2.05, 4.69) is 0 Å². The van der Waals surface area contributed by atoms with Gasteiger partial charge in [0, 0.05) is 0 Å². The Labute approximate surface area is 100 Å². The lowest BCUT2D eigenvalue weighted by molar-refractivity contribution is 0.0691. The summed E-state index contributed by atoms with van der Waals surface area (Å²) in [7, 11) is 0. The third-order valence-corrected chi connectivity index (χ3v) is 2.25. The third-order valence-electron chi connectivity index (χ3n) is 2.25. The molecule has 0 unspecified atom stereocenters. The van der Waals surface area contributed by atoms with Gasteiger partial charge in [0.1, 0.15) is 12.2 Å². The van der Waals surface area contributed by atoms with E-state index in [1.54, 1.807) is 0 Å². The smallest absolute Gasteiger partial charge is 0.339 e. The van der Waals surface area contributed by atoms with Gasteiger partial charge in [-0.25, -0.2) is 9.18 Å². The molecule has 18 heavy (non-hydrogen) atoms. The van der Waals surface area contributed by atoms with Crippen LogP contribution in [0.5, 0.6) is 5.75 Å². The zero-order chi connectivity index (χ0) is 13.1. The maximum Gasteiger partial charge on any atom is 0.339 e. The van der Waals surface area contributed by atoms with Crippen LogP contribution in [0.2, 0.25) is 0 Å². The van der Waals surface area contributed by atoms with Crippen molar-refractivity contribution in [1.29, 1.82) is 0 Å².